The van der Waals surface area contributed by atoms with Crippen molar-refractivity contribution in [3.8, 4) is 5.88 Å². The first-order valence-electron chi connectivity index (χ1n) is 9.89. The van der Waals surface area contributed by atoms with Gasteiger partial charge in [0, 0.05) is 22.9 Å². The summed E-state index contributed by atoms with van der Waals surface area (Å²) in [5, 5.41) is 21.3. The van der Waals surface area contributed by atoms with Gasteiger partial charge < -0.3 is 9.84 Å². The number of fused-ring (bicyclic) bond motifs is 1. The van der Waals surface area contributed by atoms with E-state index in [0.29, 0.717) is 31.0 Å². The van der Waals surface area contributed by atoms with Crippen LogP contribution in [-0.2, 0) is 21.0 Å². The van der Waals surface area contributed by atoms with Gasteiger partial charge >= 0.3 is 0 Å². The van der Waals surface area contributed by atoms with Crippen LogP contribution in [0, 0.1) is 0 Å². The molecule has 0 spiro atoms. The predicted molar refractivity (Wildman–Crippen MR) is 126 cm³/mol. The number of nitrogens with one attached hydrogen (secondary N) is 1. The summed E-state index contributed by atoms with van der Waals surface area (Å²) in [7, 11) is 0. The lowest BCUT2D eigenvalue weighted by Gasteiger charge is -2.27. The molecule has 32 heavy (non-hydrogen) atoms. The average molecular weight is 520 g/mol. The number of hydroxylamine groups is 1. The van der Waals surface area contributed by atoms with Gasteiger partial charge in [-0.25, -0.2) is 0 Å². The number of rotatable bonds is 8. The number of nitrogens with zero attached hydrogens (tertiary/aromatic N) is 4. The van der Waals surface area contributed by atoms with Crippen LogP contribution in [0.3, 0.4) is 0 Å². The molecule has 11 heteroatoms. The zero-order chi connectivity index (χ0) is 22.5. The molecule has 3 heterocycles. The van der Waals surface area contributed by atoms with Crippen molar-refractivity contribution in [2.75, 3.05) is 32.9 Å². The molecular weight excluding hydrogens is 498 g/mol. The summed E-state index contributed by atoms with van der Waals surface area (Å²) < 4.78 is 7.98. The van der Waals surface area contributed by atoms with E-state index >= 15 is 0 Å². The topological polar surface area (TPSA) is 101 Å². The van der Waals surface area contributed by atoms with Gasteiger partial charge in [0.1, 0.15) is 0 Å². The van der Waals surface area contributed by atoms with Crippen LogP contribution in [0.15, 0.2) is 57.0 Å². The number of morpholine rings is 1. The number of thiophene rings is 1. The summed E-state index contributed by atoms with van der Waals surface area (Å²) in [6, 6.07) is 9.41. The van der Waals surface area contributed by atoms with Crippen LogP contribution in [0.5, 0.6) is 5.88 Å². The van der Waals surface area contributed by atoms with Crippen LogP contribution in [-0.4, -0.2) is 53.4 Å². The third-order valence-electron chi connectivity index (χ3n) is 4.89. The Labute approximate surface area is 197 Å². The number of aromatic nitrogens is 1. The standard InChI is InChI=1S/C21H22BrN5O4S/c1-14(18-3-2-10-32-18)25-31-12-19(28)23-24-20-16-11-15(22)4-5-17(16)27(21(20)29)13-26-6-8-30-9-7-26/h2-5,10-11,25,29H,1,6-9,12-13H2. The Morgan fingerprint density at radius 1 is 1.34 bits per heavy atom. The average Bonchev–Trinajstić information content (AvgIpc) is 3.41. The number of azo groups is 1. The molecule has 0 aliphatic carbocycles. The van der Waals surface area contributed by atoms with Gasteiger partial charge in [0.05, 0.1) is 36.0 Å². The van der Waals surface area contributed by atoms with Gasteiger partial charge in [0.25, 0.3) is 5.91 Å². The molecule has 0 atom stereocenters. The Hall–Kier alpha value is -2.57. The number of benzene rings is 1. The predicted octanol–water partition coefficient (Wildman–Crippen LogP) is 4.26. The van der Waals surface area contributed by atoms with E-state index in [-0.39, 0.29) is 18.2 Å². The fraction of sp³-hybridized carbons (Fsp3) is 0.286. The highest BCUT2D eigenvalue weighted by atomic mass is 79.9. The Bertz CT molecular complexity index is 1140. The molecule has 1 amide bonds. The number of halogens is 1. The van der Waals surface area contributed by atoms with Crippen molar-refractivity contribution in [2.24, 2.45) is 10.2 Å². The number of amides is 1. The zero-order valence-electron chi connectivity index (χ0n) is 17.2. The molecular formula is C21H22BrN5O4S. The Morgan fingerprint density at radius 2 is 2.16 bits per heavy atom. The number of hydrogen-bond acceptors (Lipinski definition) is 8. The van der Waals surface area contributed by atoms with Gasteiger partial charge in [0.2, 0.25) is 5.88 Å². The highest BCUT2D eigenvalue weighted by molar-refractivity contribution is 9.10. The quantitative estimate of drug-likeness (QED) is 0.340. The molecule has 9 nitrogen and oxygen atoms in total. The van der Waals surface area contributed by atoms with E-state index < -0.39 is 5.91 Å². The lowest BCUT2D eigenvalue weighted by molar-refractivity contribution is -0.124. The summed E-state index contributed by atoms with van der Waals surface area (Å²) >= 11 is 4.95. The van der Waals surface area contributed by atoms with E-state index in [1.54, 1.807) is 4.57 Å². The van der Waals surface area contributed by atoms with E-state index in [4.69, 9.17) is 9.57 Å². The van der Waals surface area contributed by atoms with Crippen molar-refractivity contribution in [3.63, 3.8) is 0 Å². The molecule has 2 N–H and O–H groups in total. The van der Waals surface area contributed by atoms with Gasteiger partial charge in [-0.3, -0.25) is 24.6 Å². The van der Waals surface area contributed by atoms with Crippen LogP contribution in [0.1, 0.15) is 4.88 Å². The van der Waals surface area contributed by atoms with E-state index in [9.17, 15) is 9.90 Å². The SMILES string of the molecule is C=C(NOCC(=O)N=Nc1c(O)n(CN2CCOCC2)c2ccc(Br)cc12)c1cccs1. The van der Waals surface area contributed by atoms with Crippen molar-refractivity contribution in [3.05, 3.63) is 51.6 Å². The molecule has 3 aromatic rings. The van der Waals surface area contributed by atoms with Crippen LogP contribution >= 0.6 is 27.3 Å². The first-order valence-corrected chi connectivity index (χ1v) is 11.6. The minimum Gasteiger partial charge on any atom is -0.493 e. The number of aromatic hydroxyl groups is 1. The highest BCUT2D eigenvalue weighted by Crippen LogP contribution is 2.40. The minimum atomic E-state index is -0.597. The Kier molecular flexibility index (Phi) is 7.33. The molecule has 0 saturated carbocycles. The summed E-state index contributed by atoms with van der Waals surface area (Å²) in [6.45, 7) is 6.85. The van der Waals surface area contributed by atoms with Crippen molar-refractivity contribution in [1.29, 1.82) is 0 Å². The zero-order valence-corrected chi connectivity index (χ0v) is 19.6. The maximum absolute atomic E-state index is 12.2. The van der Waals surface area contributed by atoms with E-state index in [1.165, 1.54) is 11.3 Å². The Morgan fingerprint density at radius 3 is 2.91 bits per heavy atom. The van der Waals surface area contributed by atoms with Crippen molar-refractivity contribution in [2.45, 2.75) is 6.67 Å². The monoisotopic (exact) mass is 519 g/mol. The molecule has 0 unspecified atom stereocenters. The van der Waals surface area contributed by atoms with E-state index in [1.807, 2.05) is 35.7 Å². The van der Waals surface area contributed by atoms with Crippen LogP contribution in [0.2, 0.25) is 0 Å². The normalized spacial score (nSPS) is 14.9. The van der Waals surface area contributed by atoms with Crippen LogP contribution < -0.4 is 5.48 Å². The van der Waals surface area contributed by atoms with Crippen LogP contribution in [0.4, 0.5) is 5.69 Å². The summed E-state index contributed by atoms with van der Waals surface area (Å²) in [4.78, 5) is 20.4. The second-order valence-electron chi connectivity index (χ2n) is 7.07. The molecule has 2 aromatic heterocycles. The van der Waals surface area contributed by atoms with E-state index in [2.05, 4.69) is 43.1 Å². The van der Waals surface area contributed by atoms with Crippen molar-refractivity contribution >= 4 is 55.5 Å². The van der Waals surface area contributed by atoms with Gasteiger partial charge in [-0.1, -0.05) is 28.6 Å². The maximum atomic E-state index is 12.2. The first-order chi connectivity index (χ1) is 15.5. The molecule has 1 aromatic carbocycles. The second kappa shape index (κ2) is 10.4. The summed E-state index contributed by atoms with van der Waals surface area (Å²) in [5.41, 5.74) is 4.21. The number of carbonyl (C=O) groups excluding carboxylic acids is 1. The fourth-order valence-corrected chi connectivity index (χ4v) is 4.31. The lowest BCUT2D eigenvalue weighted by atomic mass is 10.2. The molecule has 1 fully saturated rings. The fourth-order valence-electron chi connectivity index (χ4n) is 3.30. The minimum absolute atomic E-state index is 0.0498. The summed E-state index contributed by atoms with van der Waals surface area (Å²) in [6.07, 6.45) is 0. The molecule has 1 aliphatic heterocycles. The van der Waals surface area contributed by atoms with Gasteiger partial charge in [-0.15, -0.1) is 21.6 Å². The molecule has 0 bridgehead atoms. The third-order valence-corrected chi connectivity index (χ3v) is 6.31. The van der Waals surface area contributed by atoms with Crippen molar-refractivity contribution < 1.29 is 19.5 Å². The van der Waals surface area contributed by atoms with Crippen molar-refractivity contribution in [1.82, 2.24) is 14.9 Å². The smallest absolute Gasteiger partial charge is 0.292 e. The summed E-state index contributed by atoms with van der Waals surface area (Å²) in [5.74, 6) is -0.647. The van der Waals surface area contributed by atoms with E-state index in [0.717, 1.165) is 28.0 Å². The highest BCUT2D eigenvalue weighted by Gasteiger charge is 2.20. The van der Waals surface area contributed by atoms with Gasteiger partial charge in [0.15, 0.2) is 12.3 Å². The number of carbonyl (C=O) groups is 1. The third kappa shape index (κ3) is 5.25. The maximum Gasteiger partial charge on any atom is 0.292 e. The largest absolute Gasteiger partial charge is 0.493 e. The molecule has 1 aliphatic rings. The molecule has 4 rings (SSSR count). The Balaban J connectivity index is 1.47. The lowest BCUT2D eigenvalue weighted by Crippen LogP contribution is -2.37. The van der Waals surface area contributed by atoms with Gasteiger partial charge in [-0.2, -0.15) is 0 Å². The van der Waals surface area contributed by atoms with Crippen LogP contribution in [0.25, 0.3) is 16.6 Å². The number of hydrogen-bond donors (Lipinski definition) is 2. The first kappa shape index (κ1) is 22.6. The van der Waals surface area contributed by atoms with Gasteiger partial charge in [-0.05, 0) is 29.6 Å². The molecule has 1 saturated heterocycles. The molecule has 168 valence electrons. The number of ether oxygens (including phenoxy) is 1. The second-order valence-corrected chi connectivity index (χ2v) is 8.94. The molecule has 0 radical (unpaired) electrons.